The van der Waals surface area contributed by atoms with Gasteiger partial charge in [0.15, 0.2) is 0 Å². The predicted octanol–water partition coefficient (Wildman–Crippen LogP) is 4.56. The zero-order chi connectivity index (χ0) is 14.7. The van der Waals surface area contributed by atoms with Gasteiger partial charge in [-0.1, -0.05) is 43.2 Å². The third kappa shape index (κ3) is 2.39. The summed E-state index contributed by atoms with van der Waals surface area (Å²) in [5.41, 5.74) is 2.76. The number of hydrogen-bond donors (Lipinski definition) is 0. The van der Waals surface area contributed by atoms with E-state index < -0.39 is 0 Å². The van der Waals surface area contributed by atoms with Crippen LogP contribution in [-0.4, -0.2) is 14.2 Å². The molecule has 0 bridgehead atoms. The molecule has 1 fully saturated rings. The molecular formula is C19H22O2. The first-order valence-electron chi connectivity index (χ1n) is 7.58. The van der Waals surface area contributed by atoms with Gasteiger partial charge in [0.1, 0.15) is 11.5 Å². The van der Waals surface area contributed by atoms with Crippen LogP contribution in [0.4, 0.5) is 0 Å². The first kappa shape index (κ1) is 14.0. The number of rotatable bonds is 4. The van der Waals surface area contributed by atoms with E-state index in [1.807, 2.05) is 6.07 Å². The minimum atomic E-state index is 0.0822. The molecule has 3 rings (SSSR count). The van der Waals surface area contributed by atoms with Crippen molar-refractivity contribution >= 4 is 0 Å². The maximum absolute atomic E-state index is 5.62. The summed E-state index contributed by atoms with van der Waals surface area (Å²) in [6, 6.07) is 17.0. The van der Waals surface area contributed by atoms with E-state index in [9.17, 15) is 0 Å². The molecule has 2 heteroatoms. The Morgan fingerprint density at radius 2 is 1.48 bits per heavy atom. The van der Waals surface area contributed by atoms with E-state index in [0.717, 1.165) is 11.5 Å². The highest BCUT2D eigenvalue weighted by atomic mass is 16.5. The smallest absolute Gasteiger partial charge is 0.122 e. The molecule has 0 amide bonds. The molecule has 2 nitrogen and oxygen atoms in total. The second kappa shape index (κ2) is 5.80. The molecule has 0 aromatic heterocycles. The SMILES string of the molecule is COc1ccc(C2(c3ccccc3OC)CCCC2)cc1. The Labute approximate surface area is 126 Å². The number of hydrogen-bond acceptors (Lipinski definition) is 2. The lowest BCUT2D eigenvalue weighted by molar-refractivity contribution is 0.393. The van der Waals surface area contributed by atoms with Crippen LogP contribution in [0.25, 0.3) is 0 Å². The average Bonchev–Trinajstić information content (AvgIpc) is 3.05. The first-order valence-corrected chi connectivity index (χ1v) is 7.58. The van der Waals surface area contributed by atoms with Gasteiger partial charge in [-0.2, -0.15) is 0 Å². The lowest BCUT2D eigenvalue weighted by atomic mass is 9.73. The van der Waals surface area contributed by atoms with E-state index in [1.54, 1.807) is 14.2 Å². The zero-order valence-electron chi connectivity index (χ0n) is 12.8. The molecule has 21 heavy (non-hydrogen) atoms. The van der Waals surface area contributed by atoms with E-state index in [2.05, 4.69) is 42.5 Å². The lowest BCUT2D eigenvalue weighted by Crippen LogP contribution is -2.24. The predicted molar refractivity (Wildman–Crippen MR) is 85.2 cm³/mol. The molecule has 110 valence electrons. The first-order chi connectivity index (χ1) is 10.3. The molecule has 2 aromatic carbocycles. The van der Waals surface area contributed by atoms with Crippen molar-refractivity contribution in [3.05, 3.63) is 59.7 Å². The maximum Gasteiger partial charge on any atom is 0.122 e. The molecular weight excluding hydrogens is 260 g/mol. The van der Waals surface area contributed by atoms with Crippen molar-refractivity contribution in [1.82, 2.24) is 0 Å². The summed E-state index contributed by atoms with van der Waals surface area (Å²) in [6.45, 7) is 0. The molecule has 1 saturated carbocycles. The van der Waals surface area contributed by atoms with Gasteiger partial charge in [-0.25, -0.2) is 0 Å². The number of ether oxygens (including phenoxy) is 2. The van der Waals surface area contributed by atoms with Crippen LogP contribution in [0, 0.1) is 0 Å². The summed E-state index contributed by atoms with van der Waals surface area (Å²) in [6.07, 6.45) is 4.90. The maximum atomic E-state index is 5.62. The quantitative estimate of drug-likeness (QED) is 0.818. The van der Waals surface area contributed by atoms with Crippen molar-refractivity contribution in [2.45, 2.75) is 31.1 Å². The molecule has 0 saturated heterocycles. The van der Waals surface area contributed by atoms with E-state index in [4.69, 9.17) is 9.47 Å². The molecule has 0 spiro atoms. The molecule has 0 N–H and O–H groups in total. The fourth-order valence-corrected chi connectivity index (χ4v) is 3.64. The van der Waals surface area contributed by atoms with E-state index in [-0.39, 0.29) is 5.41 Å². The Morgan fingerprint density at radius 3 is 2.10 bits per heavy atom. The Hall–Kier alpha value is -1.96. The molecule has 0 radical (unpaired) electrons. The zero-order valence-corrected chi connectivity index (χ0v) is 12.8. The van der Waals surface area contributed by atoms with Gasteiger partial charge in [-0.3, -0.25) is 0 Å². The topological polar surface area (TPSA) is 18.5 Å². The van der Waals surface area contributed by atoms with Gasteiger partial charge < -0.3 is 9.47 Å². The van der Waals surface area contributed by atoms with Gasteiger partial charge >= 0.3 is 0 Å². The second-order valence-electron chi connectivity index (χ2n) is 5.72. The van der Waals surface area contributed by atoms with Gasteiger partial charge in [0.25, 0.3) is 0 Å². The van der Waals surface area contributed by atoms with Gasteiger partial charge in [0.05, 0.1) is 14.2 Å². The minimum Gasteiger partial charge on any atom is -0.497 e. The van der Waals surface area contributed by atoms with Crippen LogP contribution in [-0.2, 0) is 5.41 Å². The summed E-state index contributed by atoms with van der Waals surface area (Å²) >= 11 is 0. The van der Waals surface area contributed by atoms with Crippen LogP contribution in [0.5, 0.6) is 11.5 Å². The number of para-hydroxylation sites is 1. The van der Waals surface area contributed by atoms with Crippen LogP contribution < -0.4 is 9.47 Å². The summed E-state index contributed by atoms with van der Waals surface area (Å²) in [7, 11) is 3.47. The molecule has 1 aliphatic carbocycles. The average molecular weight is 282 g/mol. The highest BCUT2D eigenvalue weighted by molar-refractivity contribution is 5.48. The Balaban J connectivity index is 2.10. The van der Waals surface area contributed by atoms with Gasteiger partial charge in [-0.05, 0) is 36.6 Å². The number of benzene rings is 2. The monoisotopic (exact) mass is 282 g/mol. The summed E-state index contributed by atoms with van der Waals surface area (Å²) in [4.78, 5) is 0. The van der Waals surface area contributed by atoms with Gasteiger partial charge in [0.2, 0.25) is 0 Å². The van der Waals surface area contributed by atoms with E-state index in [0.29, 0.717) is 0 Å². The normalized spacial score (nSPS) is 16.7. The van der Waals surface area contributed by atoms with Crippen LogP contribution in [0.2, 0.25) is 0 Å². The standard InChI is InChI=1S/C19H22O2/c1-20-16-11-9-15(10-12-16)19(13-5-6-14-19)17-7-3-4-8-18(17)21-2/h3-4,7-12H,5-6,13-14H2,1-2H3. The van der Waals surface area contributed by atoms with Gasteiger partial charge in [-0.15, -0.1) is 0 Å². The van der Waals surface area contributed by atoms with Crippen LogP contribution in [0.1, 0.15) is 36.8 Å². The van der Waals surface area contributed by atoms with Crippen molar-refractivity contribution in [1.29, 1.82) is 0 Å². The Kier molecular flexibility index (Phi) is 3.87. The van der Waals surface area contributed by atoms with Crippen molar-refractivity contribution in [3.8, 4) is 11.5 Å². The third-order valence-corrected chi connectivity index (χ3v) is 4.72. The van der Waals surface area contributed by atoms with Crippen molar-refractivity contribution in [2.75, 3.05) is 14.2 Å². The molecule has 0 atom stereocenters. The largest absolute Gasteiger partial charge is 0.497 e. The summed E-state index contributed by atoms with van der Waals surface area (Å²) in [5.74, 6) is 1.90. The molecule has 1 aliphatic rings. The fraction of sp³-hybridized carbons (Fsp3) is 0.368. The second-order valence-corrected chi connectivity index (χ2v) is 5.72. The van der Waals surface area contributed by atoms with Crippen molar-refractivity contribution in [3.63, 3.8) is 0 Å². The minimum absolute atomic E-state index is 0.0822. The van der Waals surface area contributed by atoms with Gasteiger partial charge in [0, 0.05) is 11.0 Å². The van der Waals surface area contributed by atoms with Crippen molar-refractivity contribution < 1.29 is 9.47 Å². The highest BCUT2D eigenvalue weighted by Crippen LogP contribution is 2.49. The fourth-order valence-electron chi connectivity index (χ4n) is 3.64. The van der Waals surface area contributed by atoms with E-state index in [1.165, 1.54) is 36.8 Å². The molecule has 0 heterocycles. The summed E-state index contributed by atoms with van der Waals surface area (Å²) < 4.78 is 10.9. The molecule has 0 aliphatic heterocycles. The Bertz CT molecular complexity index is 595. The lowest BCUT2D eigenvalue weighted by Gasteiger charge is -2.32. The highest BCUT2D eigenvalue weighted by Gasteiger charge is 2.39. The van der Waals surface area contributed by atoms with E-state index >= 15 is 0 Å². The summed E-state index contributed by atoms with van der Waals surface area (Å²) in [5, 5.41) is 0. The Morgan fingerprint density at radius 1 is 0.810 bits per heavy atom. The van der Waals surface area contributed by atoms with Crippen LogP contribution >= 0.6 is 0 Å². The van der Waals surface area contributed by atoms with Crippen LogP contribution in [0.3, 0.4) is 0 Å². The third-order valence-electron chi connectivity index (χ3n) is 4.72. The number of methoxy groups -OCH3 is 2. The molecule has 0 unspecified atom stereocenters. The van der Waals surface area contributed by atoms with Crippen molar-refractivity contribution in [2.24, 2.45) is 0 Å². The van der Waals surface area contributed by atoms with Crippen LogP contribution in [0.15, 0.2) is 48.5 Å². The molecule has 2 aromatic rings.